The fraction of sp³-hybridized carbons (Fsp3) is 0.542. The van der Waals surface area contributed by atoms with Crippen molar-refractivity contribution in [1.29, 1.82) is 0 Å². The number of nitrogens with zero attached hydrogens (tertiary/aromatic N) is 4. The zero-order valence-corrected chi connectivity index (χ0v) is 20.8. The molecule has 178 valence electrons. The van der Waals surface area contributed by atoms with Crippen molar-refractivity contribution in [3.63, 3.8) is 0 Å². The Morgan fingerprint density at radius 3 is 2.48 bits per heavy atom. The van der Waals surface area contributed by atoms with E-state index in [1.54, 1.807) is 23.5 Å². The van der Waals surface area contributed by atoms with Crippen molar-refractivity contribution in [2.75, 3.05) is 46.3 Å². The van der Waals surface area contributed by atoms with Crippen LogP contribution in [0.15, 0.2) is 29.6 Å². The summed E-state index contributed by atoms with van der Waals surface area (Å²) < 4.78 is 6.29. The number of piperazine rings is 1. The van der Waals surface area contributed by atoms with E-state index in [1.807, 2.05) is 34.2 Å². The van der Waals surface area contributed by atoms with Crippen LogP contribution in [-0.4, -0.2) is 83.9 Å². The summed E-state index contributed by atoms with van der Waals surface area (Å²) in [6.45, 7) is 6.34. The highest BCUT2D eigenvalue weighted by molar-refractivity contribution is 7.09. The maximum atomic E-state index is 13.1. The molecule has 2 amide bonds. The summed E-state index contributed by atoms with van der Waals surface area (Å²) in [5, 5.41) is 3.56. The molecule has 0 unspecified atom stereocenters. The van der Waals surface area contributed by atoms with Gasteiger partial charge in [0.05, 0.1) is 17.1 Å². The standard InChI is InChI=1S/C24H31ClN4O3S/c1-17-26-20(16-33-17)14-24(31)29-8-7-22(32-21-5-3-19(25)4-6-21)18(15-29)13-23(30)28-11-9-27(2)10-12-28/h3-6,16,18,22H,7-15H2,1-2H3/t18-,22-/m0/s1. The zero-order valence-electron chi connectivity index (χ0n) is 19.2. The minimum absolute atomic E-state index is 0.0577. The Kier molecular flexibility index (Phi) is 7.88. The van der Waals surface area contributed by atoms with Crippen LogP contribution < -0.4 is 4.74 Å². The Balaban J connectivity index is 1.43. The molecule has 2 aliphatic rings. The molecule has 2 fully saturated rings. The van der Waals surface area contributed by atoms with Crippen LogP contribution in [-0.2, 0) is 16.0 Å². The highest BCUT2D eigenvalue weighted by Crippen LogP contribution is 2.28. The van der Waals surface area contributed by atoms with E-state index in [9.17, 15) is 9.59 Å². The van der Waals surface area contributed by atoms with E-state index in [0.717, 1.165) is 42.6 Å². The number of hydrogen-bond donors (Lipinski definition) is 0. The van der Waals surface area contributed by atoms with Crippen LogP contribution in [0.2, 0.25) is 5.02 Å². The molecular weight excluding hydrogens is 460 g/mol. The van der Waals surface area contributed by atoms with Crippen LogP contribution in [0.4, 0.5) is 0 Å². The smallest absolute Gasteiger partial charge is 0.228 e. The van der Waals surface area contributed by atoms with Crippen molar-refractivity contribution in [1.82, 2.24) is 19.7 Å². The first kappa shape index (κ1) is 24.0. The number of carbonyl (C=O) groups is 2. The number of likely N-dealkylation sites (N-methyl/N-ethyl adjacent to an activating group) is 1. The normalized spacial score (nSPS) is 21.8. The van der Waals surface area contributed by atoms with Crippen molar-refractivity contribution < 1.29 is 14.3 Å². The molecule has 3 heterocycles. The van der Waals surface area contributed by atoms with E-state index < -0.39 is 0 Å². The van der Waals surface area contributed by atoms with E-state index in [0.29, 0.717) is 37.4 Å². The number of amides is 2. The Morgan fingerprint density at radius 1 is 1.09 bits per heavy atom. The summed E-state index contributed by atoms with van der Waals surface area (Å²) in [6.07, 6.45) is 1.23. The molecular formula is C24H31ClN4O3S. The first-order valence-electron chi connectivity index (χ1n) is 11.4. The van der Waals surface area contributed by atoms with Crippen molar-refractivity contribution in [2.24, 2.45) is 5.92 Å². The number of halogens is 1. The van der Waals surface area contributed by atoms with Gasteiger partial charge < -0.3 is 19.4 Å². The zero-order chi connectivity index (χ0) is 23.4. The number of hydrogen-bond acceptors (Lipinski definition) is 6. The van der Waals surface area contributed by atoms with Gasteiger partial charge in [-0.1, -0.05) is 11.6 Å². The lowest BCUT2D eigenvalue weighted by atomic mass is 9.90. The molecule has 4 rings (SSSR count). The summed E-state index contributed by atoms with van der Waals surface area (Å²) >= 11 is 7.57. The van der Waals surface area contributed by atoms with E-state index in [4.69, 9.17) is 16.3 Å². The van der Waals surface area contributed by atoms with Crippen LogP contribution in [0.25, 0.3) is 0 Å². The third-order valence-electron chi connectivity index (χ3n) is 6.41. The Morgan fingerprint density at radius 2 is 1.82 bits per heavy atom. The highest BCUT2D eigenvalue weighted by atomic mass is 35.5. The molecule has 0 saturated carbocycles. The predicted molar refractivity (Wildman–Crippen MR) is 130 cm³/mol. The van der Waals surface area contributed by atoms with E-state index >= 15 is 0 Å². The maximum absolute atomic E-state index is 13.1. The van der Waals surface area contributed by atoms with Crippen LogP contribution >= 0.6 is 22.9 Å². The summed E-state index contributed by atoms with van der Waals surface area (Å²) in [7, 11) is 2.08. The Bertz CT molecular complexity index is 959. The molecule has 9 heteroatoms. The van der Waals surface area contributed by atoms with E-state index in [2.05, 4.69) is 16.9 Å². The minimum atomic E-state index is -0.131. The number of aryl methyl sites for hydroxylation is 1. The van der Waals surface area contributed by atoms with Gasteiger partial charge >= 0.3 is 0 Å². The molecule has 0 spiro atoms. The minimum Gasteiger partial charge on any atom is -0.490 e. The molecule has 7 nitrogen and oxygen atoms in total. The van der Waals surface area contributed by atoms with Gasteiger partial charge in [0, 0.05) is 68.4 Å². The average molecular weight is 491 g/mol. The third kappa shape index (κ3) is 6.46. The third-order valence-corrected chi connectivity index (χ3v) is 7.48. The second-order valence-electron chi connectivity index (χ2n) is 8.92. The lowest BCUT2D eigenvalue weighted by molar-refractivity contribution is -0.139. The highest BCUT2D eigenvalue weighted by Gasteiger charge is 2.35. The second kappa shape index (κ2) is 10.8. The van der Waals surface area contributed by atoms with Crippen LogP contribution in [0.1, 0.15) is 23.5 Å². The van der Waals surface area contributed by atoms with Gasteiger partial charge in [-0.3, -0.25) is 9.59 Å². The molecule has 2 aromatic rings. The second-order valence-corrected chi connectivity index (χ2v) is 10.4. The number of likely N-dealkylation sites (tertiary alicyclic amines) is 1. The van der Waals surface area contributed by atoms with Gasteiger partial charge in [0.2, 0.25) is 11.8 Å². The van der Waals surface area contributed by atoms with Gasteiger partial charge in [-0.2, -0.15) is 0 Å². The molecule has 33 heavy (non-hydrogen) atoms. The Labute approximate surface area is 204 Å². The lowest BCUT2D eigenvalue weighted by Crippen LogP contribution is -2.52. The predicted octanol–water partition coefficient (Wildman–Crippen LogP) is 3.11. The summed E-state index contributed by atoms with van der Waals surface area (Å²) in [4.78, 5) is 36.6. The van der Waals surface area contributed by atoms with Crippen molar-refractivity contribution in [2.45, 2.75) is 32.3 Å². The fourth-order valence-corrected chi connectivity index (χ4v) is 5.18. The topological polar surface area (TPSA) is 66.0 Å². The number of ether oxygens (including phenoxy) is 1. The van der Waals surface area contributed by atoms with Crippen molar-refractivity contribution in [3.8, 4) is 5.75 Å². The van der Waals surface area contributed by atoms with E-state index in [1.165, 1.54) is 0 Å². The molecule has 0 radical (unpaired) electrons. The van der Waals surface area contributed by atoms with Gasteiger partial charge in [-0.15, -0.1) is 11.3 Å². The van der Waals surface area contributed by atoms with Crippen LogP contribution in [0, 0.1) is 12.8 Å². The quantitative estimate of drug-likeness (QED) is 0.622. The molecule has 0 bridgehead atoms. The molecule has 2 saturated heterocycles. The largest absolute Gasteiger partial charge is 0.490 e. The van der Waals surface area contributed by atoms with Crippen LogP contribution in [0.3, 0.4) is 0 Å². The van der Waals surface area contributed by atoms with Crippen molar-refractivity contribution in [3.05, 3.63) is 45.4 Å². The fourth-order valence-electron chi connectivity index (χ4n) is 4.44. The summed E-state index contributed by atoms with van der Waals surface area (Å²) in [5.41, 5.74) is 0.812. The Hall–Kier alpha value is -2.16. The molecule has 0 aliphatic carbocycles. The number of piperidine rings is 1. The number of aromatic nitrogens is 1. The maximum Gasteiger partial charge on any atom is 0.228 e. The molecule has 2 aliphatic heterocycles. The average Bonchev–Trinajstić information content (AvgIpc) is 3.21. The van der Waals surface area contributed by atoms with Crippen molar-refractivity contribution >= 4 is 34.8 Å². The summed E-state index contributed by atoms with van der Waals surface area (Å²) in [5.74, 6) is 0.867. The van der Waals surface area contributed by atoms with E-state index in [-0.39, 0.29) is 23.8 Å². The summed E-state index contributed by atoms with van der Waals surface area (Å²) in [6, 6.07) is 7.30. The molecule has 1 aromatic heterocycles. The van der Waals surface area contributed by atoms with Gasteiger partial charge in [-0.25, -0.2) is 4.98 Å². The first-order chi connectivity index (χ1) is 15.9. The molecule has 2 atom stereocenters. The van der Waals surface area contributed by atoms with Crippen LogP contribution in [0.5, 0.6) is 5.75 Å². The molecule has 1 aromatic carbocycles. The lowest BCUT2D eigenvalue weighted by Gasteiger charge is -2.40. The SMILES string of the molecule is Cc1nc(CC(=O)N2CC[C@H](Oc3ccc(Cl)cc3)[C@@H](CC(=O)N3CCN(C)CC3)C2)cs1. The van der Waals surface area contributed by atoms with Gasteiger partial charge in [-0.05, 0) is 38.2 Å². The molecule has 0 N–H and O–H groups in total. The van der Waals surface area contributed by atoms with Gasteiger partial charge in [0.1, 0.15) is 11.9 Å². The number of carbonyl (C=O) groups excluding carboxylic acids is 2. The monoisotopic (exact) mass is 490 g/mol. The van der Waals surface area contributed by atoms with Gasteiger partial charge in [0.15, 0.2) is 0 Å². The van der Waals surface area contributed by atoms with Gasteiger partial charge in [0.25, 0.3) is 0 Å². The first-order valence-corrected chi connectivity index (χ1v) is 12.7. The number of thiazole rings is 1. The number of benzene rings is 1. The number of rotatable bonds is 6.